The van der Waals surface area contributed by atoms with Crippen molar-refractivity contribution >= 4 is 21.7 Å². The molecule has 1 aromatic carbocycles. The zero-order valence-electron chi connectivity index (χ0n) is 13.6. The molecule has 20 heavy (non-hydrogen) atoms. The molecule has 2 nitrogen and oxygen atoms in total. The Labute approximate surface area is 131 Å². The lowest BCUT2D eigenvalue weighted by Gasteiger charge is -2.27. The lowest BCUT2D eigenvalue weighted by atomic mass is 9.78. The van der Waals surface area contributed by atoms with E-state index in [0.29, 0.717) is 18.1 Å². The van der Waals surface area contributed by atoms with Gasteiger partial charge in [-0.1, -0.05) is 43.6 Å². The van der Waals surface area contributed by atoms with Crippen LogP contribution in [-0.4, -0.2) is 12.9 Å². The van der Waals surface area contributed by atoms with Crippen molar-refractivity contribution in [1.29, 1.82) is 0 Å². The third-order valence-electron chi connectivity index (χ3n) is 4.11. The molecule has 0 aliphatic heterocycles. The molecule has 0 aromatic heterocycles. The number of methoxy groups -OCH3 is 1. The Bertz CT molecular complexity index is 513. The molecule has 0 aliphatic rings. The van der Waals surface area contributed by atoms with Crippen molar-refractivity contribution in [2.75, 3.05) is 7.11 Å². The van der Waals surface area contributed by atoms with Gasteiger partial charge in [-0.3, -0.25) is 4.79 Å². The van der Waals surface area contributed by atoms with Crippen molar-refractivity contribution in [3.05, 3.63) is 27.2 Å². The Kier molecular flexibility index (Phi) is 5.42. The number of ether oxygens (including phenoxy) is 1. The van der Waals surface area contributed by atoms with Gasteiger partial charge in [0.1, 0.15) is 5.75 Å². The smallest absolute Gasteiger partial charge is 0.167 e. The minimum Gasteiger partial charge on any atom is -0.496 e. The van der Waals surface area contributed by atoms with Crippen LogP contribution in [-0.2, 0) is 0 Å². The van der Waals surface area contributed by atoms with E-state index < -0.39 is 0 Å². The lowest BCUT2D eigenvalue weighted by Crippen LogP contribution is -2.21. The fourth-order valence-corrected chi connectivity index (χ4v) is 2.68. The second-order valence-electron chi connectivity index (χ2n) is 6.60. The molecular formula is C17H25BrO2. The topological polar surface area (TPSA) is 26.3 Å². The first-order valence-electron chi connectivity index (χ1n) is 6.96. The monoisotopic (exact) mass is 340 g/mol. The van der Waals surface area contributed by atoms with E-state index in [1.807, 2.05) is 19.9 Å². The molecule has 0 bridgehead atoms. The van der Waals surface area contributed by atoms with Gasteiger partial charge < -0.3 is 4.74 Å². The Morgan fingerprint density at radius 2 is 1.90 bits per heavy atom. The largest absolute Gasteiger partial charge is 0.496 e. The summed E-state index contributed by atoms with van der Waals surface area (Å²) in [6.45, 7) is 12.6. The zero-order valence-corrected chi connectivity index (χ0v) is 15.1. The van der Waals surface area contributed by atoms with Gasteiger partial charge in [0, 0.05) is 10.9 Å². The fourth-order valence-electron chi connectivity index (χ4n) is 2.14. The number of benzene rings is 1. The molecule has 0 fully saturated rings. The van der Waals surface area contributed by atoms with Gasteiger partial charge in [-0.05, 0) is 42.4 Å². The van der Waals surface area contributed by atoms with Gasteiger partial charge in [-0.25, -0.2) is 0 Å². The number of Topliss-reactive ketones (excluding diaryl/α,β-unsaturated/α-hetero) is 1. The first-order valence-corrected chi connectivity index (χ1v) is 7.75. The van der Waals surface area contributed by atoms with E-state index >= 15 is 0 Å². The molecule has 112 valence electrons. The maximum absolute atomic E-state index is 12.7. The van der Waals surface area contributed by atoms with Crippen molar-refractivity contribution in [1.82, 2.24) is 0 Å². The highest BCUT2D eigenvalue weighted by molar-refractivity contribution is 9.10. The second kappa shape index (κ2) is 6.30. The van der Waals surface area contributed by atoms with Crippen molar-refractivity contribution in [2.24, 2.45) is 11.3 Å². The summed E-state index contributed by atoms with van der Waals surface area (Å²) in [4.78, 5) is 12.7. The number of hydrogen-bond acceptors (Lipinski definition) is 2. The summed E-state index contributed by atoms with van der Waals surface area (Å²) < 4.78 is 6.42. The average molecular weight is 341 g/mol. The Balaban J connectivity index is 3.22. The number of carbonyl (C=O) groups is 1. The van der Waals surface area contributed by atoms with Crippen LogP contribution in [0.3, 0.4) is 0 Å². The predicted molar refractivity (Wildman–Crippen MR) is 87.7 cm³/mol. The molecule has 3 heteroatoms. The summed E-state index contributed by atoms with van der Waals surface area (Å²) in [5, 5.41) is 0. The van der Waals surface area contributed by atoms with Gasteiger partial charge in [0.05, 0.1) is 12.7 Å². The van der Waals surface area contributed by atoms with Gasteiger partial charge >= 0.3 is 0 Å². The van der Waals surface area contributed by atoms with Crippen LogP contribution in [0.1, 0.15) is 55.6 Å². The summed E-state index contributed by atoms with van der Waals surface area (Å²) in [6.07, 6.45) is 0.538. The molecule has 1 unspecified atom stereocenters. The van der Waals surface area contributed by atoms with E-state index in [0.717, 1.165) is 21.2 Å². The predicted octanol–water partition coefficient (Wildman–Crippen LogP) is 5.33. The minimum absolute atomic E-state index is 0.123. The van der Waals surface area contributed by atoms with Crippen LogP contribution in [0, 0.1) is 25.2 Å². The van der Waals surface area contributed by atoms with E-state index in [1.54, 1.807) is 7.11 Å². The third kappa shape index (κ3) is 3.63. The van der Waals surface area contributed by atoms with E-state index in [-0.39, 0.29) is 11.2 Å². The van der Waals surface area contributed by atoms with Gasteiger partial charge in [0.25, 0.3) is 0 Å². The number of carbonyl (C=O) groups excluding carboxylic acids is 1. The highest BCUT2D eigenvalue weighted by Crippen LogP contribution is 2.36. The van der Waals surface area contributed by atoms with Crippen molar-refractivity contribution in [3.8, 4) is 5.75 Å². The lowest BCUT2D eigenvalue weighted by molar-refractivity contribution is 0.0923. The summed E-state index contributed by atoms with van der Waals surface area (Å²) in [5.41, 5.74) is 2.78. The molecule has 0 saturated heterocycles. The quantitative estimate of drug-likeness (QED) is 0.692. The maximum atomic E-state index is 12.7. The van der Waals surface area contributed by atoms with Gasteiger partial charge in [-0.2, -0.15) is 0 Å². The average Bonchev–Trinajstić information content (AvgIpc) is 2.31. The van der Waals surface area contributed by atoms with Gasteiger partial charge in [0.15, 0.2) is 5.78 Å². The van der Waals surface area contributed by atoms with E-state index in [9.17, 15) is 4.79 Å². The van der Waals surface area contributed by atoms with Crippen molar-refractivity contribution in [2.45, 2.75) is 48.0 Å². The molecular weight excluding hydrogens is 316 g/mol. The van der Waals surface area contributed by atoms with E-state index in [2.05, 4.69) is 43.6 Å². The molecule has 1 rings (SSSR count). The van der Waals surface area contributed by atoms with Crippen molar-refractivity contribution in [3.63, 3.8) is 0 Å². The first-order chi connectivity index (χ1) is 9.09. The zero-order chi connectivity index (χ0) is 15.7. The van der Waals surface area contributed by atoms with Crippen molar-refractivity contribution < 1.29 is 9.53 Å². The number of aryl methyl sites for hydroxylation is 1. The van der Waals surface area contributed by atoms with Gasteiger partial charge in [0.2, 0.25) is 0 Å². The molecule has 0 aliphatic carbocycles. The molecule has 0 radical (unpaired) electrons. The highest BCUT2D eigenvalue weighted by Gasteiger charge is 2.26. The molecule has 0 heterocycles. The fraction of sp³-hybridized carbons (Fsp3) is 0.588. The van der Waals surface area contributed by atoms with Crippen LogP contribution >= 0.6 is 15.9 Å². The first kappa shape index (κ1) is 17.2. The van der Waals surface area contributed by atoms with Crippen LogP contribution in [0.4, 0.5) is 0 Å². The number of ketones is 1. The summed E-state index contributed by atoms with van der Waals surface area (Å²) in [5.74, 6) is 1.18. The molecule has 0 amide bonds. The number of hydrogen-bond donors (Lipinski definition) is 0. The Morgan fingerprint density at radius 1 is 1.35 bits per heavy atom. The summed E-state index contributed by atoms with van der Waals surface area (Å²) in [7, 11) is 1.62. The Morgan fingerprint density at radius 3 is 2.35 bits per heavy atom. The Hall–Kier alpha value is -0.830. The number of rotatable bonds is 4. The third-order valence-corrected chi connectivity index (χ3v) is 4.94. The standard InChI is InChI=1S/C17H25BrO2/c1-10-8-13(18)12(3)15(16(10)20-7)14(19)9-11(2)17(4,5)6/h8,11H,9H2,1-7H3. The van der Waals surface area contributed by atoms with Crippen LogP contribution in [0.15, 0.2) is 10.5 Å². The highest BCUT2D eigenvalue weighted by atomic mass is 79.9. The SMILES string of the molecule is COc1c(C)cc(Br)c(C)c1C(=O)CC(C)C(C)(C)C. The van der Waals surface area contributed by atoms with E-state index in [1.165, 1.54) is 0 Å². The number of halogens is 1. The minimum atomic E-state index is 0.123. The normalized spacial score (nSPS) is 13.2. The molecule has 0 N–H and O–H groups in total. The van der Waals surface area contributed by atoms with Gasteiger partial charge in [-0.15, -0.1) is 0 Å². The molecule has 1 aromatic rings. The van der Waals surface area contributed by atoms with Crippen LogP contribution in [0.25, 0.3) is 0 Å². The molecule has 1 atom stereocenters. The maximum Gasteiger partial charge on any atom is 0.167 e. The summed E-state index contributed by atoms with van der Waals surface area (Å²) in [6, 6.07) is 2.00. The van der Waals surface area contributed by atoms with E-state index in [4.69, 9.17) is 4.74 Å². The van der Waals surface area contributed by atoms with Crippen LogP contribution < -0.4 is 4.74 Å². The summed E-state index contributed by atoms with van der Waals surface area (Å²) >= 11 is 3.53. The molecule has 0 saturated carbocycles. The van der Waals surface area contributed by atoms with Crippen LogP contribution in [0.5, 0.6) is 5.75 Å². The van der Waals surface area contributed by atoms with Crippen LogP contribution in [0.2, 0.25) is 0 Å². The second-order valence-corrected chi connectivity index (χ2v) is 7.46. The molecule has 0 spiro atoms.